The van der Waals surface area contributed by atoms with Gasteiger partial charge in [0.2, 0.25) is 15.9 Å². The number of amides is 1. The van der Waals surface area contributed by atoms with Crippen LogP contribution in [0.4, 0.5) is 9.52 Å². The maximum Gasteiger partial charge on any atom is 0.243 e. The molecule has 1 N–H and O–H groups in total. The zero-order chi connectivity index (χ0) is 21.1. The van der Waals surface area contributed by atoms with Gasteiger partial charge in [0.1, 0.15) is 5.82 Å². The minimum absolute atomic E-state index is 0.0254. The lowest BCUT2D eigenvalue weighted by molar-refractivity contribution is -0.120. The van der Waals surface area contributed by atoms with Crippen molar-refractivity contribution in [1.82, 2.24) is 9.29 Å². The lowest BCUT2D eigenvalue weighted by Crippen LogP contribution is -2.43. The normalized spacial score (nSPS) is 17.6. The van der Waals surface area contributed by atoms with Crippen LogP contribution in [0.15, 0.2) is 64.9 Å². The molecule has 0 radical (unpaired) electrons. The van der Waals surface area contributed by atoms with Gasteiger partial charge in [-0.2, -0.15) is 4.31 Å². The second-order valence-electron chi connectivity index (χ2n) is 7.05. The van der Waals surface area contributed by atoms with Crippen LogP contribution in [0.5, 0.6) is 0 Å². The van der Waals surface area contributed by atoms with Gasteiger partial charge >= 0.3 is 0 Å². The summed E-state index contributed by atoms with van der Waals surface area (Å²) in [5.74, 6) is -1.22. The molecule has 0 bridgehead atoms. The number of nitrogens with zero attached hydrogens (tertiary/aromatic N) is 2. The van der Waals surface area contributed by atoms with Gasteiger partial charge in [0, 0.05) is 24.0 Å². The molecule has 30 heavy (non-hydrogen) atoms. The Labute approximate surface area is 178 Å². The molecule has 0 spiro atoms. The fourth-order valence-electron chi connectivity index (χ4n) is 3.41. The van der Waals surface area contributed by atoms with E-state index < -0.39 is 21.8 Å². The number of aromatic nitrogens is 1. The van der Waals surface area contributed by atoms with Crippen LogP contribution in [-0.4, -0.2) is 36.7 Å². The van der Waals surface area contributed by atoms with Crippen molar-refractivity contribution in [1.29, 1.82) is 0 Å². The minimum Gasteiger partial charge on any atom is -0.302 e. The number of benzene rings is 2. The van der Waals surface area contributed by atoms with Crippen LogP contribution in [-0.2, 0) is 14.8 Å². The molecule has 9 heteroatoms. The summed E-state index contributed by atoms with van der Waals surface area (Å²) < 4.78 is 40.1. The first-order chi connectivity index (χ1) is 14.4. The predicted molar refractivity (Wildman–Crippen MR) is 114 cm³/mol. The third kappa shape index (κ3) is 4.43. The van der Waals surface area contributed by atoms with E-state index in [4.69, 9.17) is 0 Å². The minimum atomic E-state index is -3.78. The molecule has 1 unspecified atom stereocenters. The van der Waals surface area contributed by atoms with E-state index in [-0.39, 0.29) is 17.3 Å². The molecular weight excluding hydrogens is 425 g/mol. The number of carbonyl (C=O) groups is 1. The van der Waals surface area contributed by atoms with Gasteiger partial charge in [0.15, 0.2) is 5.13 Å². The maximum absolute atomic E-state index is 13.1. The van der Waals surface area contributed by atoms with Gasteiger partial charge < -0.3 is 5.32 Å². The molecule has 4 rings (SSSR count). The number of nitrogens with one attached hydrogen (secondary N) is 1. The molecule has 156 valence electrons. The zero-order valence-corrected chi connectivity index (χ0v) is 17.6. The number of sulfonamides is 1. The van der Waals surface area contributed by atoms with E-state index in [9.17, 15) is 17.6 Å². The number of thiazole rings is 1. The monoisotopic (exact) mass is 445 g/mol. The average molecular weight is 446 g/mol. The molecule has 1 fully saturated rings. The van der Waals surface area contributed by atoms with Gasteiger partial charge in [0.05, 0.1) is 16.5 Å². The maximum atomic E-state index is 13.1. The van der Waals surface area contributed by atoms with E-state index in [1.807, 2.05) is 35.7 Å². The van der Waals surface area contributed by atoms with Crippen molar-refractivity contribution in [3.8, 4) is 11.3 Å². The lowest BCUT2D eigenvalue weighted by atomic mass is 9.99. The second-order valence-corrected chi connectivity index (χ2v) is 9.85. The molecule has 1 saturated heterocycles. The van der Waals surface area contributed by atoms with Gasteiger partial charge in [-0.05, 0) is 37.1 Å². The topological polar surface area (TPSA) is 79.4 Å². The fourth-order valence-corrected chi connectivity index (χ4v) is 5.66. The van der Waals surface area contributed by atoms with Crippen molar-refractivity contribution in [3.05, 3.63) is 65.8 Å². The van der Waals surface area contributed by atoms with E-state index in [1.165, 1.54) is 27.8 Å². The highest BCUT2D eigenvalue weighted by Gasteiger charge is 2.33. The average Bonchev–Trinajstić information content (AvgIpc) is 3.23. The van der Waals surface area contributed by atoms with Crippen molar-refractivity contribution in [2.24, 2.45) is 5.92 Å². The van der Waals surface area contributed by atoms with Crippen LogP contribution >= 0.6 is 11.3 Å². The third-order valence-electron chi connectivity index (χ3n) is 5.01. The van der Waals surface area contributed by atoms with E-state index in [0.29, 0.717) is 24.5 Å². The Bertz CT molecular complexity index is 1130. The Kier molecular flexibility index (Phi) is 5.94. The summed E-state index contributed by atoms with van der Waals surface area (Å²) in [5, 5.41) is 5.17. The summed E-state index contributed by atoms with van der Waals surface area (Å²) >= 11 is 1.33. The molecule has 0 aliphatic carbocycles. The van der Waals surface area contributed by atoms with Crippen LogP contribution in [0.2, 0.25) is 0 Å². The Morgan fingerprint density at radius 3 is 2.60 bits per heavy atom. The van der Waals surface area contributed by atoms with Crippen LogP contribution in [0.25, 0.3) is 11.3 Å². The summed E-state index contributed by atoms with van der Waals surface area (Å²) in [6, 6.07) is 14.4. The summed E-state index contributed by atoms with van der Waals surface area (Å²) in [7, 11) is -3.78. The number of anilines is 1. The molecule has 3 aromatic rings. The number of halogens is 1. The first kappa shape index (κ1) is 20.6. The van der Waals surface area contributed by atoms with E-state index in [0.717, 1.165) is 23.4 Å². The number of hydrogen-bond acceptors (Lipinski definition) is 5. The second kappa shape index (κ2) is 8.63. The summed E-state index contributed by atoms with van der Waals surface area (Å²) in [6.45, 7) is 0.418. The first-order valence-electron chi connectivity index (χ1n) is 9.51. The highest BCUT2D eigenvalue weighted by molar-refractivity contribution is 7.89. The Balaban J connectivity index is 1.44. The highest BCUT2D eigenvalue weighted by Crippen LogP contribution is 2.27. The van der Waals surface area contributed by atoms with Crippen LogP contribution in [0, 0.1) is 11.7 Å². The van der Waals surface area contributed by atoms with Crippen LogP contribution < -0.4 is 5.32 Å². The third-order valence-corrected chi connectivity index (χ3v) is 7.65. The molecule has 1 aliphatic heterocycles. The van der Waals surface area contributed by atoms with Crippen LogP contribution in [0.1, 0.15) is 12.8 Å². The largest absolute Gasteiger partial charge is 0.302 e. The molecular formula is C21H20FN3O3S2. The standard InChI is InChI=1S/C21H20FN3O3S2/c22-17-8-10-18(11-9-17)30(27,28)25-12-4-7-16(13-25)20(26)24-21-23-19(14-29-21)15-5-2-1-3-6-15/h1-3,5-6,8-11,14,16H,4,7,12-13H2,(H,23,24,26). The number of carbonyl (C=O) groups excluding carboxylic acids is 1. The van der Waals surface area contributed by atoms with E-state index in [2.05, 4.69) is 10.3 Å². The van der Waals surface area contributed by atoms with Gasteiger partial charge in [-0.3, -0.25) is 4.79 Å². The molecule has 1 aromatic heterocycles. The smallest absolute Gasteiger partial charge is 0.243 e. The summed E-state index contributed by atoms with van der Waals surface area (Å²) in [4.78, 5) is 17.2. The van der Waals surface area contributed by atoms with Gasteiger partial charge in [0.25, 0.3) is 0 Å². The van der Waals surface area contributed by atoms with Gasteiger partial charge in [-0.25, -0.2) is 17.8 Å². The fraction of sp³-hybridized carbons (Fsp3) is 0.238. The van der Waals surface area contributed by atoms with E-state index in [1.54, 1.807) is 0 Å². The van der Waals surface area contributed by atoms with Gasteiger partial charge in [-0.15, -0.1) is 11.3 Å². The predicted octanol–water partition coefficient (Wildman–Crippen LogP) is 3.99. The quantitative estimate of drug-likeness (QED) is 0.644. The van der Waals surface area contributed by atoms with Crippen molar-refractivity contribution < 1.29 is 17.6 Å². The molecule has 1 aliphatic rings. The molecule has 1 amide bonds. The molecule has 2 heterocycles. The summed E-state index contributed by atoms with van der Waals surface area (Å²) in [5.41, 5.74) is 1.74. The van der Waals surface area contributed by atoms with Crippen molar-refractivity contribution >= 4 is 32.4 Å². The molecule has 6 nitrogen and oxygen atoms in total. The molecule has 0 saturated carbocycles. The van der Waals surface area contributed by atoms with Gasteiger partial charge in [-0.1, -0.05) is 30.3 Å². The van der Waals surface area contributed by atoms with Crippen molar-refractivity contribution in [2.45, 2.75) is 17.7 Å². The first-order valence-corrected chi connectivity index (χ1v) is 11.8. The Hall–Kier alpha value is -2.62. The SMILES string of the molecule is O=C(Nc1nc(-c2ccccc2)cs1)C1CCCN(S(=O)(=O)c2ccc(F)cc2)C1. The summed E-state index contributed by atoms with van der Waals surface area (Å²) in [6.07, 6.45) is 1.17. The Morgan fingerprint density at radius 1 is 1.13 bits per heavy atom. The van der Waals surface area contributed by atoms with Crippen molar-refractivity contribution in [3.63, 3.8) is 0 Å². The van der Waals surface area contributed by atoms with E-state index >= 15 is 0 Å². The lowest BCUT2D eigenvalue weighted by Gasteiger charge is -2.31. The van der Waals surface area contributed by atoms with Crippen molar-refractivity contribution in [2.75, 3.05) is 18.4 Å². The number of hydrogen-bond donors (Lipinski definition) is 1. The highest BCUT2D eigenvalue weighted by atomic mass is 32.2. The molecule has 2 aromatic carbocycles. The zero-order valence-electron chi connectivity index (χ0n) is 16.0. The Morgan fingerprint density at radius 2 is 1.87 bits per heavy atom. The molecule has 1 atom stereocenters. The number of piperidine rings is 1. The number of rotatable bonds is 5. The van der Waals surface area contributed by atoms with Crippen LogP contribution in [0.3, 0.4) is 0 Å².